The van der Waals surface area contributed by atoms with Gasteiger partial charge >= 0.3 is 0 Å². The standard InChI is InChI=1S/C18H31N3O2/c1-8-10-15(20-17(22)13(5)6)21-18(23)16(12(3)4)19-11-14(7)9-2/h10-11,13-14H,8-9H2,1-7H3,(H,20,22)(H,21,23)/b15-10+,19-11-. The second kappa shape index (κ2) is 10.8. The summed E-state index contributed by atoms with van der Waals surface area (Å²) in [6.45, 7) is 13.4. The van der Waals surface area contributed by atoms with Gasteiger partial charge in [-0.2, -0.15) is 0 Å². The van der Waals surface area contributed by atoms with Crippen molar-refractivity contribution in [1.29, 1.82) is 0 Å². The normalized spacial score (nSPS) is 13.1. The highest BCUT2D eigenvalue weighted by Crippen LogP contribution is 2.08. The van der Waals surface area contributed by atoms with Crippen LogP contribution in [0.3, 0.4) is 0 Å². The molecular formula is C18H31N3O2. The number of rotatable bonds is 8. The van der Waals surface area contributed by atoms with Crippen LogP contribution in [0, 0.1) is 11.8 Å². The topological polar surface area (TPSA) is 70.6 Å². The molecule has 0 heterocycles. The van der Waals surface area contributed by atoms with Crippen molar-refractivity contribution in [1.82, 2.24) is 10.6 Å². The van der Waals surface area contributed by atoms with E-state index in [-0.39, 0.29) is 17.7 Å². The minimum absolute atomic E-state index is 0.133. The van der Waals surface area contributed by atoms with E-state index < -0.39 is 0 Å². The maximum absolute atomic E-state index is 12.4. The Morgan fingerprint density at radius 2 is 1.70 bits per heavy atom. The van der Waals surface area contributed by atoms with Crippen LogP contribution in [0.1, 0.15) is 61.3 Å². The Hall–Kier alpha value is -1.91. The molecule has 0 aliphatic carbocycles. The van der Waals surface area contributed by atoms with Crippen LogP contribution in [0.4, 0.5) is 0 Å². The summed E-state index contributed by atoms with van der Waals surface area (Å²) in [6.07, 6.45) is 5.23. The lowest BCUT2D eigenvalue weighted by Gasteiger charge is -2.14. The Labute approximate surface area is 140 Å². The fraction of sp³-hybridized carbons (Fsp3) is 0.611. The van der Waals surface area contributed by atoms with Crippen molar-refractivity contribution in [2.45, 2.75) is 61.3 Å². The van der Waals surface area contributed by atoms with Gasteiger partial charge in [0, 0.05) is 12.1 Å². The first-order valence-corrected chi connectivity index (χ1v) is 8.26. The van der Waals surface area contributed by atoms with Gasteiger partial charge in [-0.1, -0.05) is 34.6 Å². The number of hydrogen-bond donors (Lipinski definition) is 2. The maximum atomic E-state index is 12.4. The molecule has 0 fully saturated rings. The van der Waals surface area contributed by atoms with E-state index in [2.05, 4.69) is 29.5 Å². The molecule has 0 aromatic rings. The minimum atomic E-state index is -0.312. The molecule has 0 rings (SSSR count). The molecule has 23 heavy (non-hydrogen) atoms. The van der Waals surface area contributed by atoms with Crippen molar-refractivity contribution in [2.75, 3.05) is 0 Å². The van der Waals surface area contributed by atoms with Crippen molar-refractivity contribution in [3.63, 3.8) is 0 Å². The summed E-state index contributed by atoms with van der Waals surface area (Å²) < 4.78 is 0. The second-order valence-electron chi connectivity index (χ2n) is 6.14. The smallest absolute Gasteiger partial charge is 0.275 e. The number of nitrogens with one attached hydrogen (secondary N) is 2. The van der Waals surface area contributed by atoms with Gasteiger partial charge in [-0.25, -0.2) is 0 Å². The van der Waals surface area contributed by atoms with E-state index in [1.165, 1.54) is 0 Å². The third kappa shape index (κ3) is 8.33. The number of hydrogen-bond acceptors (Lipinski definition) is 3. The summed E-state index contributed by atoms with van der Waals surface area (Å²) in [5.74, 6) is 0.121. The second-order valence-corrected chi connectivity index (χ2v) is 6.14. The monoisotopic (exact) mass is 321 g/mol. The summed E-state index contributed by atoms with van der Waals surface area (Å²) in [7, 11) is 0. The molecule has 0 aromatic carbocycles. The first-order valence-electron chi connectivity index (χ1n) is 8.26. The molecule has 5 nitrogen and oxygen atoms in total. The zero-order valence-electron chi connectivity index (χ0n) is 15.5. The highest BCUT2D eigenvalue weighted by Gasteiger charge is 2.14. The SMILES string of the molecule is CC/C=C(/NC(=O)C(/N=C\C(C)CC)=C(C)C)NC(=O)C(C)C. The first-order chi connectivity index (χ1) is 10.7. The molecule has 0 aromatic heterocycles. The highest BCUT2D eigenvalue weighted by molar-refractivity contribution is 5.96. The summed E-state index contributed by atoms with van der Waals surface area (Å²) in [6, 6.07) is 0. The molecule has 1 unspecified atom stereocenters. The van der Waals surface area contributed by atoms with E-state index in [1.54, 1.807) is 26.1 Å². The van der Waals surface area contributed by atoms with Crippen molar-refractivity contribution in [3.8, 4) is 0 Å². The van der Waals surface area contributed by atoms with Crippen molar-refractivity contribution in [3.05, 3.63) is 23.2 Å². The van der Waals surface area contributed by atoms with Crippen molar-refractivity contribution < 1.29 is 9.59 Å². The van der Waals surface area contributed by atoms with Gasteiger partial charge in [-0.3, -0.25) is 14.6 Å². The zero-order chi connectivity index (χ0) is 18.0. The van der Waals surface area contributed by atoms with Gasteiger partial charge in [-0.15, -0.1) is 0 Å². The Morgan fingerprint density at radius 1 is 1.09 bits per heavy atom. The Bertz CT molecular complexity index is 498. The van der Waals surface area contributed by atoms with Crippen LogP contribution < -0.4 is 10.6 Å². The molecule has 5 heteroatoms. The van der Waals surface area contributed by atoms with E-state index in [0.29, 0.717) is 23.9 Å². The van der Waals surface area contributed by atoms with Gasteiger partial charge < -0.3 is 10.6 Å². The third-order valence-electron chi connectivity index (χ3n) is 3.23. The molecule has 0 aliphatic rings. The molecule has 2 amide bonds. The Morgan fingerprint density at radius 3 is 2.13 bits per heavy atom. The predicted octanol–water partition coefficient (Wildman–Crippen LogP) is 3.54. The van der Waals surface area contributed by atoms with Crippen LogP contribution in [-0.4, -0.2) is 18.0 Å². The number of carbonyl (C=O) groups is 2. The van der Waals surface area contributed by atoms with E-state index in [0.717, 1.165) is 12.0 Å². The quantitative estimate of drug-likeness (QED) is 0.530. The molecule has 0 bridgehead atoms. The first kappa shape index (κ1) is 21.1. The highest BCUT2D eigenvalue weighted by atomic mass is 16.2. The molecule has 2 N–H and O–H groups in total. The van der Waals surface area contributed by atoms with Crippen LogP contribution in [0.25, 0.3) is 0 Å². The van der Waals surface area contributed by atoms with E-state index in [1.807, 2.05) is 20.8 Å². The van der Waals surface area contributed by atoms with E-state index in [9.17, 15) is 9.59 Å². The van der Waals surface area contributed by atoms with Crippen LogP contribution in [0.5, 0.6) is 0 Å². The number of aliphatic imine (C=N–C) groups is 1. The molecule has 0 radical (unpaired) electrons. The molecule has 0 spiro atoms. The lowest BCUT2D eigenvalue weighted by molar-refractivity contribution is -0.123. The summed E-state index contributed by atoms with van der Waals surface area (Å²) >= 11 is 0. The minimum Gasteiger partial charge on any atom is -0.312 e. The number of amides is 2. The molecule has 0 saturated carbocycles. The number of nitrogens with zero attached hydrogens (tertiary/aromatic N) is 1. The Kier molecular flexibility index (Phi) is 9.86. The van der Waals surface area contributed by atoms with Crippen molar-refractivity contribution >= 4 is 18.0 Å². The van der Waals surface area contributed by atoms with Gasteiger partial charge in [0.1, 0.15) is 11.5 Å². The fourth-order valence-corrected chi connectivity index (χ4v) is 1.52. The molecule has 0 aliphatic heterocycles. The predicted molar refractivity (Wildman–Crippen MR) is 95.8 cm³/mol. The summed E-state index contributed by atoms with van der Waals surface area (Å²) in [4.78, 5) is 28.6. The molecular weight excluding hydrogens is 290 g/mol. The maximum Gasteiger partial charge on any atom is 0.275 e. The van der Waals surface area contributed by atoms with Crippen LogP contribution in [0.2, 0.25) is 0 Å². The molecule has 130 valence electrons. The van der Waals surface area contributed by atoms with E-state index >= 15 is 0 Å². The lowest BCUT2D eigenvalue weighted by Crippen LogP contribution is -2.37. The van der Waals surface area contributed by atoms with Gasteiger partial charge in [0.2, 0.25) is 5.91 Å². The zero-order valence-corrected chi connectivity index (χ0v) is 15.5. The van der Waals surface area contributed by atoms with Gasteiger partial charge in [0.05, 0.1) is 0 Å². The van der Waals surface area contributed by atoms with Gasteiger partial charge in [0.15, 0.2) is 0 Å². The largest absolute Gasteiger partial charge is 0.312 e. The third-order valence-corrected chi connectivity index (χ3v) is 3.23. The average molecular weight is 321 g/mol. The Balaban J connectivity index is 5.15. The van der Waals surface area contributed by atoms with Gasteiger partial charge in [-0.05, 0) is 44.3 Å². The fourth-order valence-electron chi connectivity index (χ4n) is 1.52. The lowest BCUT2D eigenvalue weighted by atomic mass is 10.1. The average Bonchev–Trinajstić information content (AvgIpc) is 2.46. The van der Waals surface area contributed by atoms with Crippen LogP contribution in [-0.2, 0) is 9.59 Å². The number of carbonyl (C=O) groups excluding carboxylic acids is 2. The van der Waals surface area contributed by atoms with Crippen molar-refractivity contribution in [2.24, 2.45) is 16.8 Å². The van der Waals surface area contributed by atoms with E-state index in [4.69, 9.17) is 0 Å². The summed E-state index contributed by atoms with van der Waals surface area (Å²) in [5, 5.41) is 5.48. The molecule has 1 atom stereocenters. The van der Waals surface area contributed by atoms with Crippen LogP contribution in [0.15, 0.2) is 28.2 Å². The van der Waals surface area contributed by atoms with Crippen LogP contribution >= 0.6 is 0 Å². The summed E-state index contributed by atoms with van der Waals surface area (Å²) in [5.41, 5.74) is 1.21. The number of allylic oxidation sites excluding steroid dienone is 2. The van der Waals surface area contributed by atoms with Gasteiger partial charge in [0.25, 0.3) is 5.91 Å². The molecule has 0 saturated heterocycles.